The van der Waals surface area contributed by atoms with Crippen molar-refractivity contribution in [2.45, 2.75) is 6.92 Å². The minimum atomic E-state index is -0.0743. The van der Waals surface area contributed by atoms with Crippen LogP contribution in [0.1, 0.15) is 21.6 Å². The van der Waals surface area contributed by atoms with Crippen molar-refractivity contribution >= 4 is 17.4 Å². The smallest absolute Gasteiger partial charge is 0.211 e. The Bertz CT molecular complexity index is 523. The van der Waals surface area contributed by atoms with Crippen LogP contribution >= 0.6 is 11.6 Å². The second-order valence-corrected chi connectivity index (χ2v) is 3.94. The first-order valence-corrected chi connectivity index (χ1v) is 5.28. The van der Waals surface area contributed by atoms with E-state index in [0.29, 0.717) is 16.3 Å². The number of pyridine rings is 1. The average Bonchev–Trinajstić information content (AvgIpc) is 2.29. The van der Waals surface area contributed by atoms with Crippen LogP contribution in [0, 0.1) is 6.92 Å². The monoisotopic (exact) mass is 231 g/mol. The fourth-order valence-electron chi connectivity index (χ4n) is 1.52. The molecule has 1 heterocycles. The normalized spacial score (nSPS) is 10.1. The number of hydrogen-bond donors (Lipinski definition) is 0. The Kier molecular flexibility index (Phi) is 3.02. The molecule has 0 bridgehead atoms. The van der Waals surface area contributed by atoms with Crippen molar-refractivity contribution in [1.29, 1.82) is 0 Å². The standard InChI is InChI=1S/C13H10ClNO/c1-9-8-10(14)5-6-11(9)13(16)12-4-2-3-7-15-12/h2-8H,1H3. The molecular weight excluding hydrogens is 222 g/mol. The highest BCUT2D eigenvalue weighted by molar-refractivity contribution is 6.30. The maximum absolute atomic E-state index is 12.1. The molecule has 0 aliphatic rings. The van der Waals surface area contributed by atoms with Crippen molar-refractivity contribution in [2.24, 2.45) is 0 Å². The molecule has 0 amide bonds. The zero-order chi connectivity index (χ0) is 11.5. The van der Waals surface area contributed by atoms with Crippen LogP contribution < -0.4 is 0 Å². The van der Waals surface area contributed by atoms with Gasteiger partial charge in [0, 0.05) is 16.8 Å². The van der Waals surface area contributed by atoms with Gasteiger partial charge in [0.2, 0.25) is 5.78 Å². The lowest BCUT2D eigenvalue weighted by molar-refractivity contribution is 0.103. The summed E-state index contributed by atoms with van der Waals surface area (Å²) in [7, 11) is 0. The van der Waals surface area contributed by atoms with E-state index in [-0.39, 0.29) is 5.78 Å². The minimum Gasteiger partial charge on any atom is -0.287 e. The Morgan fingerprint density at radius 3 is 2.69 bits per heavy atom. The molecular formula is C13H10ClNO. The molecule has 3 heteroatoms. The van der Waals surface area contributed by atoms with Crippen LogP contribution in [-0.2, 0) is 0 Å². The van der Waals surface area contributed by atoms with Gasteiger partial charge in [0.05, 0.1) is 0 Å². The summed E-state index contributed by atoms with van der Waals surface area (Å²) in [5.74, 6) is -0.0743. The number of halogens is 1. The van der Waals surface area contributed by atoms with Crippen LogP contribution in [0.15, 0.2) is 42.6 Å². The third-order valence-corrected chi connectivity index (χ3v) is 2.57. The Hall–Kier alpha value is -1.67. The zero-order valence-electron chi connectivity index (χ0n) is 8.77. The van der Waals surface area contributed by atoms with E-state index in [9.17, 15) is 4.79 Å². The summed E-state index contributed by atoms with van der Waals surface area (Å²) in [6.07, 6.45) is 1.61. The van der Waals surface area contributed by atoms with Crippen LogP contribution in [0.3, 0.4) is 0 Å². The lowest BCUT2D eigenvalue weighted by atomic mass is 10.0. The van der Waals surface area contributed by atoms with Gasteiger partial charge in [0.25, 0.3) is 0 Å². The number of carbonyl (C=O) groups excluding carboxylic acids is 1. The van der Waals surface area contributed by atoms with Gasteiger partial charge in [-0.25, -0.2) is 0 Å². The summed E-state index contributed by atoms with van der Waals surface area (Å²) in [6, 6.07) is 10.5. The molecule has 80 valence electrons. The van der Waals surface area contributed by atoms with Crippen molar-refractivity contribution in [2.75, 3.05) is 0 Å². The van der Waals surface area contributed by atoms with Gasteiger partial charge in [-0.05, 0) is 42.8 Å². The van der Waals surface area contributed by atoms with Gasteiger partial charge in [-0.15, -0.1) is 0 Å². The molecule has 1 aromatic heterocycles. The van der Waals surface area contributed by atoms with E-state index in [1.54, 1.807) is 42.6 Å². The van der Waals surface area contributed by atoms with Crippen LogP contribution in [0.25, 0.3) is 0 Å². The van der Waals surface area contributed by atoms with Crippen LogP contribution in [0.4, 0.5) is 0 Å². The predicted octanol–water partition coefficient (Wildman–Crippen LogP) is 3.27. The van der Waals surface area contributed by atoms with E-state index in [0.717, 1.165) is 5.56 Å². The maximum Gasteiger partial charge on any atom is 0.211 e. The Balaban J connectivity index is 2.42. The molecule has 0 saturated carbocycles. The molecule has 16 heavy (non-hydrogen) atoms. The van der Waals surface area contributed by atoms with Crippen LogP contribution in [-0.4, -0.2) is 10.8 Å². The molecule has 2 rings (SSSR count). The number of carbonyl (C=O) groups is 1. The van der Waals surface area contributed by atoms with Crippen LogP contribution in [0.2, 0.25) is 5.02 Å². The summed E-state index contributed by atoms with van der Waals surface area (Å²) in [4.78, 5) is 16.1. The van der Waals surface area contributed by atoms with Gasteiger partial charge in [-0.2, -0.15) is 0 Å². The molecule has 2 nitrogen and oxygen atoms in total. The topological polar surface area (TPSA) is 30.0 Å². The van der Waals surface area contributed by atoms with Crippen molar-refractivity contribution in [3.05, 3.63) is 64.4 Å². The van der Waals surface area contributed by atoms with Gasteiger partial charge >= 0.3 is 0 Å². The highest BCUT2D eigenvalue weighted by Gasteiger charge is 2.12. The maximum atomic E-state index is 12.1. The lowest BCUT2D eigenvalue weighted by Gasteiger charge is -2.04. The van der Waals surface area contributed by atoms with Crippen molar-refractivity contribution < 1.29 is 4.79 Å². The summed E-state index contributed by atoms with van der Waals surface area (Å²) in [5.41, 5.74) is 1.96. The van der Waals surface area contributed by atoms with Gasteiger partial charge in [-0.3, -0.25) is 9.78 Å². The fraction of sp³-hybridized carbons (Fsp3) is 0.0769. The number of benzene rings is 1. The number of aromatic nitrogens is 1. The quantitative estimate of drug-likeness (QED) is 0.743. The number of ketones is 1. The zero-order valence-corrected chi connectivity index (χ0v) is 9.53. The molecule has 0 N–H and O–H groups in total. The first-order valence-electron chi connectivity index (χ1n) is 4.90. The first-order chi connectivity index (χ1) is 7.68. The molecule has 0 saturated heterocycles. The van der Waals surface area contributed by atoms with E-state index in [1.807, 2.05) is 6.92 Å². The Labute approximate surface area is 98.9 Å². The second kappa shape index (κ2) is 4.45. The van der Waals surface area contributed by atoms with Gasteiger partial charge in [0.15, 0.2) is 0 Å². The number of rotatable bonds is 2. The van der Waals surface area contributed by atoms with Gasteiger partial charge in [0.1, 0.15) is 5.69 Å². The Morgan fingerprint density at radius 2 is 2.06 bits per heavy atom. The van der Waals surface area contributed by atoms with Gasteiger partial charge < -0.3 is 0 Å². The molecule has 0 fully saturated rings. The second-order valence-electron chi connectivity index (χ2n) is 3.50. The highest BCUT2D eigenvalue weighted by Crippen LogP contribution is 2.17. The Morgan fingerprint density at radius 1 is 1.25 bits per heavy atom. The van der Waals surface area contributed by atoms with E-state index in [1.165, 1.54) is 0 Å². The summed E-state index contributed by atoms with van der Waals surface area (Å²) in [5, 5.41) is 0.634. The first kappa shape index (κ1) is 10.8. The average molecular weight is 232 g/mol. The molecule has 0 atom stereocenters. The summed E-state index contributed by atoms with van der Waals surface area (Å²) in [6.45, 7) is 1.86. The minimum absolute atomic E-state index is 0.0743. The number of nitrogens with zero attached hydrogens (tertiary/aromatic N) is 1. The summed E-state index contributed by atoms with van der Waals surface area (Å²) >= 11 is 5.84. The third-order valence-electron chi connectivity index (χ3n) is 2.33. The largest absolute Gasteiger partial charge is 0.287 e. The fourth-order valence-corrected chi connectivity index (χ4v) is 1.74. The van der Waals surface area contributed by atoms with Crippen molar-refractivity contribution in [3.8, 4) is 0 Å². The third kappa shape index (κ3) is 2.12. The molecule has 0 radical (unpaired) electrons. The molecule has 0 spiro atoms. The van der Waals surface area contributed by atoms with E-state index < -0.39 is 0 Å². The predicted molar refractivity (Wildman–Crippen MR) is 63.9 cm³/mol. The molecule has 2 aromatic rings. The highest BCUT2D eigenvalue weighted by atomic mass is 35.5. The molecule has 1 aromatic carbocycles. The van der Waals surface area contributed by atoms with E-state index in [2.05, 4.69) is 4.98 Å². The van der Waals surface area contributed by atoms with Crippen LogP contribution in [0.5, 0.6) is 0 Å². The van der Waals surface area contributed by atoms with E-state index in [4.69, 9.17) is 11.6 Å². The van der Waals surface area contributed by atoms with Crippen molar-refractivity contribution in [3.63, 3.8) is 0 Å². The molecule has 0 unspecified atom stereocenters. The van der Waals surface area contributed by atoms with Crippen molar-refractivity contribution in [1.82, 2.24) is 4.98 Å². The lowest BCUT2D eigenvalue weighted by Crippen LogP contribution is -2.05. The number of aryl methyl sites for hydroxylation is 1. The van der Waals surface area contributed by atoms with Gasteiger partial charge in [-0.1, -0.05) is 17.7 Å². The molecule has 0 aliphatic heterocycles. The number of hydrogen-bond acceptors (Lipinski definition) is 2. The SMILES string of the molecule is Cc1cc(Cl)ccc1C(=O)c1ccccn1. The molecule has 0 aliphatic carbocycles. The van der Waals surface area contributed by atoms with E-state index >= 15 is 0 Å². The summed E-state index contributed by atoms with van der Waals surface area (Å²) < 4.78 is 0.